The first-order valence-electron chi connectivity index (χ1n) is 18.3. The highest BCUT2D eigenvalue weighted by molar-refractivity contribution is 6.25. The second-order valence-electron chi connectivity index (χ2n) is 15.1. The van der Waals surface area contributed by atoms with Crippen LogP contribution in [0.25, 0.3) is 54.8 Å². The zero-order valence-corrected chi connectivity index (χ0v) is 28.9. The highest BCUT2D eigenvalue weighted by Crippen LogP contribution is 2.52. The van der Waals surface area contributed by atoms with Crippen molar-refractivity contribution < 1.29 is 0 Å². The summed E-state index contributed by atoms with van der Waals surface area (Å²) in [7, 11) is 0. The second-order valence-corrected chi connectivity index (χ2v) is 15.1. The summed E-state index contributed by atoms with van der Waals surface area (Å²) in [5, 5.41) is 10.2. The van der Waals surface area contributed by atoms with Crippen molar-refractivity contribution >= 4 is 66.2 Å². The first-order valence-corrected chi connectivity index (χ1v) is 18.3. The summed E-state index contributed by atoms with van der Waals surface area (Å²) in [6, 6.07) is 38.0. The van der Waals surface area contributed by atoms with Crippen LogP contribution in [0.5, 0.6) is 0 Å². The van der Waals surface area contributed by atoms with Gasteiger partial charge in [0.05, 0.1) is 22.3 Å². The maximum atomic E-state index is 5.75. The van der Waals surface area contributed by atoms with Crippen molar-refractivity contribution in [3.63, 3.8) is 0 Å². The molecule has 4 heteroatoms. The molecule has 5 aromatic carbocycles. The maximum absolute atomic E-state index is 5.75. The minimum atomic E-state index is -0.326. The summed E-state index contributed by atoms with van der Waals surface area (Å²) in [4.78, 5) is 5.75. The molecule has 0 fully saturated rings. The molecular weight excluding hydrogens is 621 g/mol. The van der Waals surface area contributed by atoms with E-state index in [1.54, 1.807) is 0 Å². The monoisotopic (exact) mass is 658 g/mol. The number of aromatic nitrogens is 2. The molecule has 1 aliphatic heterocycles. The molecule has 4 aliphatic rings. The van der Waals surface area contributed by atoms with E-state index in [2.05, 4.69) is 168 Å². The average Bonchev–Trinajstić information content (AvgIpc) is 3.83. The van der Waals surface area contributed by atoms with E-state index in [1.807, 2.05) is 0 Å². The maximum Gasteiger partial charge on any atom is 0.201 e. The highest BCUT2D eigenvalue weighted by Gasteiger charge is 2.40. The molecule has 2 atom stereocenters. The summed E-state index contributed by atoms with van der Waals surface area (Å²) in [6.07, 6.45) is 16.8. The van der Waals surface area contributed by atoms with Crippen LogP contribution in [-0.4, -0.2) is 14.8 Å². The number of benzene rings is 5. The van der Waals surface area contributed by atoms with Crippen molar-refractivity contribution in [2.75, 3.05) is 5.32 Å². The van der Waals surface area contributed by atoms with Gasteiger partial charge in [0, 0.05) is 56.0 Å². The van der Waals surface area contributed by atoms with E-state index in [9.17, 15) is 0 Å². The number of anilines is 1. The van der Waals surface area contributed by atoms with Gasteiger partial charge >= 0.3 is 0 Å². The SMILES string of the molecule is CC1(C)C2=C(C=CC(C3=NC(n4c5ccc6ccn(C7=CCCC=C7)c6c5c5ccc6ccccc6c54)Nc4ccccc43)C2)c2ccccc21. The Labute approximate surface area is 297 Å². The number of para-hydroxylation sites is 1. The molecule has 0 bridgehead atoms. The van der Waals surface area contributed by atoms with Gasteiger partial charge in [0.1, 0.15) is 0 Å². The molecule has 11 rings (SSSR count). The third-order valence-electron chi connectivity index (χ3n) is 12.0. The molecule has 3 aliphatic carbocycles. The predicted octanol–water partition coefficient (Wildman–Crippen LogP) is 11.8. The van der Waals surface area contributed by atoms with E-state index in [-0.39, 0.29) is 17.6 Å². The number of rotatable bonds is 3. The zero-order valence-electron chi connectivity index (χ0n) is 28.9. The van der Waals surface area contributed by atoms with Crippen LogP contribution in [0.1, 0.15) is 56.1 Å². The zero-order chi connectivity index (χ0) is 33.8. The summed E-state index contributed by atoms with van der Waals surface area (Å²) in [6.45, 7) is 4.79. The van der Waals surface area contributed by atoms with Crippen LogP contribution < -0.4 is 5.32 Å². The molecule has 0 radical (unpaired) electrons. The number of fused-ring (bicyclic) bond motifs is 10. The smallest absolute Gasteiger partial charge is 0.201 e. The Morgan fingerprint density at radius 1 is 0.745 bits per heavy atom. The number of hydrogen-bond donors (Lipinski definition) is 1. The van der Waals surface area contributed by atoms with Gasteiger partial charge in [-0.15, -0.1) is 0 Å². The van der Waals surface area contributed by atoms with Crippen LogP contribution in [0.3, 0.4) is 0 Å². The van der Waals surface area contributed by atoms with E-state index in [0.717, 1.165) is 30.7 Å². The summed E-state index contributed by atoms with van der Waals surface area (Å²) in [5.41, 5.74) is 14.1. The van der Waals surface area contributed by atoms with E-state index in [4.69, 9.17) is 4.99 Å². The van der Waals surface area contributed by atoms with E-state index >= 15 is 0 Å². The van der Waals surface area contributed by atoms with E-state index < -0.39 is 0 Å². The lowest BCUT2D eigenvalue weighted by Crippen LogP contribution is -2.30. The van der Waals surface area contributed by atoms with Crippen LogP contribution in [0.2, 0.25) is 0 Å². The molecule has 0 saturated heterocycles. The molecule has 246 valence electrons. The van der Waals surface area contributed by atoms with Gasteiger partial charge < -0.3 is 14.5 Å². The van der Waals surface area contributed by atoms with Gasteiger partial charge in [-0.2, -0.15) is 0 Å². The van der Waals surface area contributed by atoms with Gasteiger partial charge in [-0.1, -0.05) is 129 Å². The van der Waals surface area contributed by atoms with Crippen LogP contribution in [0.15, 0.2) is 150 Å². The van der Waals surface area contributed by atoms with Crippen molar-refractivity contribution in [2.24, 2.45) is 10.9 Å². The predicted molar refractivity (Wildman–Crippen MR) is 214 cm³/mol. The van der Waals surface area contributed by atoms with E-state index in [1.165, 1.54) is 77.0 Å². The number of nitrogens with one attached hydrogen (secondary N) is 1. The summed E-state index contributed by atoms with van der Waals surface area (Å²) >= 11 is 0. The number of nitrogens with zero attached hydrogens (tertiary/aromatic N) is 3. The molecule has 4 nitrogen and oxygen atoms in total. The minimum absolute atomic E-state index is 0.0175. The number of hydrogen-bond acceptors (Lipinski definition) is 2. The van der Waals surface area contributed by atoms with Crippen LogP contribution in [0.4, 0.5) is 5.69 Å². The quantitative estimate of drug-likeness (QED) is 0.201. The lowest BCUT2D eigenvalue weighted by molar-refractivity contribution is 0.581. The fourth-order valence-electron chi connectivity index (χ4n) is 9.56. The van der Waals surface area contributed by atoms with Gasteiger partial charge in [0.15, 0.2) is 0 Å². The first kappa shape index (κ1) is 28.9. The Kier molecular flexibility index (Phi) is 5.99. The highest BCUT2D eigenvalue weighted by atomic mass is 15.3. The number of allylic oxidation sites excluding steroid dienone is 8. The van der Waals surface area contributed by atoms with Crippen LogP contribution >= 0.6 is 0 Å². The Bertz CT molecular complexity index is 2790. The Morgan fingerprint density at radius 3 is 2.47 bits per heavy atom. The minimum Gasteiger partial charge on any atom is -0.346 e. The first-order chi connectivity index (χ1) is 25.1. The third kappa shape index (κ3) is 4.05. The average molecular weight is 659 g/mol. The van der Waals surface area contributed by atoms with Gasteiger partial charge in [0.25, 0.3) is 0 Å². The van der Waals surface area contributed by atoms with Crippen molar-refractivity contribution in [2.45, 2.75) is 44.8 Å². The van der Waals surface area contributed by atoms with Gasteiger partial charge in [0.2, 0.25) is 6.29 Å². The molecule has 1 N–H and O–H groups in total. The normalized spacial score (nSPS) is 20.4. The molecule has 0 saturated carbocycles. The Morgan fingerprint density at radius 2 is 1.57 bits per heavy atom. The standard InChI is InChI=1S/C47H38N4/c1-47(2)38-18-10-8-16-34(38)35-23-21-31(28-39(35)47)43-36-17-9-11-19-40(36)48-46(49-43)51-41-25-22-30-26-27-50(32-13-4-3-5-14-32)44(30)42(41)37-24-20-29-12-6-7-15-33(29)45(37)51/h4,6-27,31,46,48H,3,5,28H2,1-2H3. The Hall–Kier alpha value is -5.87. The third-order valence-corrected chi connectivity index (χ3v) is 12.0. The van der Waals surface area contributed by atoms with Crippen LogP contribution in [0, 0.1) is 5.92 Å². The van der Waals surface area contributed by atoms with Crippen molar-refractivity contribution in [1.29, 1.82) is 0 Å². The molecule has 7 aromatic rings. The lowest BCUT2D eigenvalue weighted by Gasteiger charge is -2.33. The lowest BCUT2D eigenvalue weighted by atomic mass is 9.74. The van der Waals surface area contributed by atoms with Crippen molar-refractivity contribution in [3.8, 4) is 0 Å². The fourth-order valence-corrected chi connectivity index (χ4v) is 9.56. The van der Waals surface area contributed by atoms with E-state index in [0.29, 0.717) is 0 Å². The summed E-state index contributed by atoms with van der Waals surface area (Å²) in [5.74, 6) is 0.168. The largest absolute Gasteiger partial charge is 0.346 e. The molecule has 51 heavy (non-hydrogen) atoms. The van der Waals surface area contributed by atoms with Crippen LogP contribution in [-0.2, 0) is 5.41 Å². The molecule has 2 unspecified atom stereocenters. The van der Waals surface area contributed by atoms with Crippen molar-refractivity contribution in [3.05, 3.63) is 162 Å². The molecule has 0 spiro atoms. The van der Waals surface area contributed by atoms with Gasteiger partial charge in [-0.3, -0.25) is 0 Å². The number of aliphatic imine (C=N–C) groups is 1. The van der Waals surface area contributed by atoms with Gasteiger partial charge in [-0.25, -0.2) is 4.99 Å². The van der Waals surface area contributed by atoms with Crippen molar-refractivity contribution in [1.82, 2.24) is 9.13 Å². The molecule has 3 heterocycles. The molecule has 2 aromatic heterocycles. The molecular formula is C47H38N4. The molecule has 0 amide bonds. The topological polar surface area (TPSA) is 34.2 Å². The summed E-state index contributed by atoms with van der Waals surface area (Å²) < 4.78 is 4.88. The second kappa shape index (κ2) is 10.6. The Balaban J connectivity index is 1.15. The fraction of sp³-hybridized carbons (Fsp3) is 0.170. The van der Waals surface area contributed by atoms with Gasteiger partial charge in [-0.05, 0) is 65.6 Å².